The summed E-state index contributed by atoms with van der Waals surface area (Å²) in [5.41, 5.74) is 0.946. The van der Waals surface area contributed by atoms with Crippen molar-refractivity contribution in [3.63, 3.8) is 0 Å². The van der Waals surface area contributed by atoms with Crippen LogP contribution >= 0.6 is 11.6 Å². The summed E-state index contributed by atoms with van der Waals surface area (Å²) >= 11 is 5.77. The second-order valence-corrected chi connectivity index (χ2v) is 4.00. The van der Waals surface area contributed by atoms with Gasteiger partial charge in [0, 0.05) is 16.8 Å². The Morgan fingerprint density at radius 3 is 2.62 bits per heavy atom. The summed E-state index contributed by atoms with van der Waals surface area (Å²) in [4.78, 5) is 11.2. The zero-order chi connectivity index (χ0) is 12.0. The molecular formula is C12H16ClNO2. The minimum atomic E-state index is -0.184. The molecule has 0 saturated heterocycles. The Morgan fingerprint density at radius 1 is 1.44 bits per heavy atom. The summed E-state index contributed by atoms with van der Waals surface area (Å²) < 4.78 is 4.87. The molecular weight excluding hydrogens is 226 g/mol. The number of hydrogen-bond acceptors (Lipinski definition) is 3. The molecule has 4 heteroatoms. The molecule has 1 aromatic rings. The lowest BCUT2D eigenvalue weighted by Crippen LogP contribution is -2.20. The number of ether oxygens (including phenoxy) is 1. The van der Waals surface area contributed by atoms with Crippen LogP contribution in [0, 0.1) is 0 Å². The Kier molecular flexibility index (Phi) is 5.12. The second kappa shape index (κ2) is 6.38. The van der Waals surface area contributed by atoms with Crippen LogP contribution in [0.4, 0.5) is 5.69 Å². The van der Waals surface area contributed by atoms with Crippen molar-refractivity contribution in [2.75, 3.05) is 11.9 Å². The van der Waals surface area contributed by atoms with Crippen molar-refractivity contribution in [3.8, 4) is 0 Å². The Balaban J connectivity index is 2.42. The molecule has 1 aromatic carbocycles. The summed E-state index contributed by atoms with van der Waals surface area (Å²) in [6.45, 7) is 4.16. The van der Waals surface area contributed by atoms with E-state index in [-0.39, 0.29) is 12.0 Å². The lowest BCUT2D eigenvalue weighted by atomic mass is 10.2. The lowest BCUT2D eigenvalue weighted by molar-refractivity contribution is -0.143. The monoisotopic (exact) mass is 241 g/mol. The number of anilines is 1. The van der Waals surface area contributed by atoms with Gasteiger partial charge in [-0.1, -0.05) is 11.6 Å². The number of rotatable bonds is 5. The number of carbonyl (C=O) groups excluding carboxylic acids is 1. The standard InChI is InChI=1S/C12H16ClNO2/c1-3-16-12(15)8-9(2)14-11-6-4-10(13)5-7-11/h4-7,9,14H,3,8H2,1-2H3. The van der Waals surface area contributed by atoms with E-state index in [1.54, 1.807) is 19.1 Å². The number of benzene rings is 1. The van der Waals surface area contributed by atoms with Crippen molar-refractivity contribution < 1.29 is 9.53 Å². The molecule has 0 heterocycles. The van der Waals surface area contributed by atoms with E-state index < -0.39 is 0 Å². The molecule has 0 radical (unpaired) electrons. The van der Waals surface area contributed by atoms with Gasteiger partial charge in [-0.25, -0.2) is 0 Å². The van der Waals surface area contributed by atoms with Gasteiger partial charge in [-0.2, -0.15) is 0 Å². The van der Waals surface area contributed by atoms with Crippen LogP contribution in [0.25, 0.3) is 0 Å². The number of carbonyl (C=O) groups is 1. The van der Waals surface area contributed by atoms with Gasteiger partial charge in [0.25, 0.3) is 0 Å². The number of hydrogen-bond donors (Lipinski definition) is 1. The molecule has 0 saturated carbocycles. The minimum Gasteiger partial charge on any atom is -0.466 e. The zero-order valence-corrected chi connectivity index (χ0v) is 10.3. The van der Waals surface area contributed by atoms with E-state index in [1.165, 1.54) is 0 Å². The van der Waals surface area contributed by atoms with E-state index >= 15 is 0 Å². The normalized spacial score (nSPS) is 11.9. The maximum atomic E-state index is 11.2. The minimum absolute atomic E-state index is 0.0419. The van der Waals surface area contributed by atoms with Crippen LogP contribution in [-0.2, 0) is 9.53 Å². The fraction of sp³-hybridized carbons (Fsp3) is 0.417. The van der Waals surface area contributed by atoms with Crippen molar-refractivity contribution in [1.82, 2.24) is 0 Å². The van der Waals surface area contributed by atoms with Crippen molar-refractivity contribution >= 4 is 23.3 Å². The first kappa shape index (κ1) is 12.8. The molecule has 0 aromatic heterocycles. The maximum absolute atomic E-state index is 11.2. The highest BCUT2D eigenvalue weighted by molar-refractivity contribution is 6.30. The fourth-order valence-corrected chi connectivity index (χ4v) is 1.48. The van der Waals surface area contributed by atoms with Gasteiger partial charge in [-0.05, 0) is 38.1 Å². The van der Waals surface area contributed by atoms with E-state index in [0.717, 1.165) is 5.69 Å². The first-order chi connectivity index (χ1) is 7.61. The van der Waals surface area contributed by atoms with Gasteiger partial charge in [0.2, 0.25) is 0 Å². The van der Waals surface area contributed by atoms with Gasteiger partial charge < -0.3 is 10.1 Å². The molecule has 0 spiro atoms. The van der Waals surface area contributed by atoms with Gasteiger partial charge in [0.05, 0.1) is 13.0 Å². The molecule has 0 aliphatic carbocycles. The van der Waals surface area contributed by atoms with E-state index in [4.69, 9.17) is 16.3 Å². The maximum Gasteiger partial charge on any atom is 0.307 e. The van der Waals surface area contributed by atoms with Crippen LogP contribution < -0.4 is 5.32 Å². The quantitative estimate of drug-likeness (QED) is 0.805. The predicted molar refractivity (Wildman–Crippen MR) is 65.8 cm³/mol. The summed E-state index contributed by atoms with van der Waals surface area (Å²) in [5.74, 6) is -0.184. The number of esters is 1. The molecule has 1 atom stereocenters. The van der Waals surface area contributed by atoms with Crippen LogP contribution in [-0.4, -0.2) is 18.6 Å². The molecule has 1 N–H and O–H groups in total. The van der Waals surface area contributed by atoms with Gasteiger partial charge >= 0.3 is 5.97 Å². The highest BCUT2D eigenvalue weighted by atomic mass is 35.5. The predicted octanol–water partition coefficient (Wildman–Crippen LogP) is 3.09. The third-order valence-corrected chi connectivity index (χ3v) is 2.29. The lowest BCUT2D eigenvalue weighted by Gasteiger charge is -2.14. The largest absolute Gasteiger partial charge is 0.466 e. The average molecular weight is 242 g/mol. The van der Waals surface area contributed by atoms with Gasteiger partial charge in [0.1, 0.15) is 0 Å². The fourth-order valence-electron chi connectivity index (χ4n) is 1.35. The SMILES string of the molecule is CCOC(=O)CC(C)Nc1ccc(Cl)cc1. The molecule has 0 bridgehead atoms. The molecule has 16 heavy (non-hydrogen) atoms. The first-order valence-electron chi connectivity index (χ1n) is 5.29. The molecule has 1 unspecified atom stereocenters. The third kappa shape index (κ3) is 4.53. The van der Waals surface area contributed by atoms with Crippen LogP contribution in [0.1, 0.15) is 20.3 Å². The molecule has 0 amide bonds. The van der Waals surface area contributed by atoms with Crippen molar-refractivity contribution in [2.45, 2.75) is 26.3 Å². The Morgan fingerprint density at radius 2 is 2.06 bits per heavy atom. The van der Waals surface area contributed by atoms with E-state index in [2.05, 4.69) is 5.32 Å². The average Bonchev–Trinajstić information content (AvgIpc) is 2.21. The van der Waals surface area contributed by atoms with Crippen LogP contribution in [0.2, 0.25) is 5.02 Å². The highest BCUT2D eigenvalue weighted by Crippen LogP contribution is 2.14. The van der Waals surface area contributed by atoms with Crippen LogP contribution in [0.15, 0.2) is 24.3 Å². The Labute approximate surface area is 101 Å². The summed E-state index contributed by atoms with van der Waals surface area (Å²) in [5, 5.41) is 3.90. The van der Waals surface area contributed by atoms with E-state index in [1.807, 2.05) is 19.1 Å². The van der Waals surface area contributed by atoms with Crippen molar-refractivity contribution in [3.05, 3.63) is 29.3 Å². The molecule has 1 rings (SSSR count). The molecule has 88 valence electrons. The second-order valence-electron chi connectivity index (χ2n) is 3.56. The summed E-state index contributed by atoms with van der Waals surface area (Å²) in [7, 11) is 0. The Bertz CT molecular complexity index is 337. The van der Waals surface area contributed by atoms with E-state index in [9.17, 15) is 4.79 Å². The van der Waals surface area contributed by atoms with Crippen LogP contribution in [0.3, 0.4) is 0 Å². The summed E-state index contributed by atoms with van der Waals surface area (Å²) in [6.07, 6.45) is 0.358. The van der Waals surface area contributed by atoms with Crippen molar-refractivity contribution in [1.29, 1.82) is 0 Å². The molecule has 0 aliphatic heterocycles. The van der Waals surface area contributed by atoms with Gasteiger partial charge in [-0.15, -0.1) is 0 Å². The van der Waals surface area contributed by atoms with E-state index in [0.29, 0.717) is 18.1 Å². The summed E-state index contributed by atoms with van der Waals surface area (Å²) in [6, 6.07) is 7.41. The van der Waals surface area contributed by atoms with Gasteiger partial charge in [0.15, 0.2) is 0 Å². The molecule has 0 aliphatic rings. The number of halogens is 1. The van der Waals surface area contributed by atoms with Crippen LogP contribution in [0.5, 0.6) is 0 Å². The van der Waals surface area contributed by atoms with Gasteiger partial charge in [-0.3, -0.25) is 4.79 Å². The number of nitrogens with one attached hydrogen (secondary N) is 1. The first-order valence-corrected chi connectivity index (χ1v) is 5.67. The third-order valence-electron chi connectivity index (χ3n) is 2.04. The highest BCUT2D eigenvalue weighted by Gasteiger charge is 2.09. The topological polar surface area (TPSA) is 38.3 Å². The molecule has 0 fully saturated rings. The van der Waals surface area contributed by atoms with Crippen molar-refractivity contribution in [2.24, 2.45) is 0 Å². The zero-order valence-electron chi connectivity index (χ0n) is 9.50. The Hall–Kier alpha value is -1.22. The smallest absolute Gasteiger partial charge is 0.307 e. The molecule has 3 nitrogen and oxygen atoms in total.